The Balaban J connectivity index is 1.35. The van der Waals surface area contributed by atoms with Crippen molar-refractivity contribution in [3.63, 3.8) is 0 Å². The van der Waals surface area contributed by atoms with Gasteiger partial charge in [-0.05, 0) is 75.8 Å². The SMILES string of the molecule is CC1C=CC=C(C2=NC(n3c4ccccc4c4ccc5c(c43)C(C)(C)c3ccc4c(c3-5)CCC=C4)=NC(c3ccccc3)N2)C1. The molecule has 2 heterocycles. The molecule has 45 heavy (non-hydrogen) atoms. The van der Waals surface area contributed by atoms with E-state index in [4.69, 9.17) is 9.98 Å². The highest BCUT2D eigenvalue weighted by Gasteiger charge is 2.41. The summed E-state index contributed by atoms with van der Waals surface area (Å²) in [5.41, 5.74) is 12.9. The molecule has 1 N–H and O–H groups in total. The van der Waals surface area contributed by atoms with Gasteiger partial charge in [0.05, 0.1) is 11.0 Å². The van der Waals surface area contributed by atoms with Crippen LogP contribution in [0.15, 0.2) is 119 Å². The quantitative estimate of drug-likeness (QED) is 0.221. The number of allylic oxidation sites excluding steroid dienone is 4. The minimum atomic E-state index is -0.243. The van der Waals surface area contributed by atoms with Crippen molar-refractivity contribution in [1.29, 1.82) is 0 Å². The molecule has 0 saturated heterocycles. The Morgan fingerprint density at radius 2 is 1.76 bits per heavy atom. The first kappa shape index (κ1) is 26.4. The maximum absolute atomic E-state index is 5.38. The van der Waals surface area contributed by atoms with Gasteiger partial charge in [-0.3, -0.25) is 4.57 Å². The van der Waals surface area contributed by atoms with Gasteiger partial charge in [0.25, 0.3) is 0 Å². The van der Waals surface area contributed by atoms with Gasteiger partial charge < -0.3 is 5.32 Å². The van der Waals surface area contributed by atoms with Crippen LogP contribution in [0.1, 0.15) is 67.6 Å². The van der Waals surface area contributed by atoms with E-state index in [1.165, 1.54) is 55.2 Å². The summed E-state index contributed by atoms with van der Waals surface area (Å²) in [6.45, 7) is 7.06. The summed E-state index contributed by atoms with van der Waals surface area (Å²) in [5.74, 6) is 2.10. The molecule has 220 valence electrons. The molecule has 5 aromatic rings. The summed E-state index contributed by atoms with van der Waals surface area (Å²) < 4.78 is 2.36. The third kappa shape index (κ3) is 3.91. The van der Waals surface area contributed by atoms with Gasteiger partial charge in [0.2, 0.25) is 5.96 Å². The number of aliphatic imine (C=N–C) groups is 2. The molecule has 1 aromatic heterocycles. The van der Waals surface area contributed by atoms with Gasteiger partial charge in [-0.25, -0.2) is 4.99 Å². The van der Waals surface area contributed by atoms with E-state index in [9.17, 15) is 0 Å². The van der Waals surface area contributed by atoms with Crippen LogP contribution < -0.4 is 5.32 Å². The van der Waals surface area contributed by atoms with Crippen molar-refractivity contribution >= 4 is 39.7 Å². The average Bonchev–Trinajstić information content (AvgIpc) is 3.53. The molecule has 2 atom stereocenters. The zero-order valence-corrected chi connectivity index (χ0v) is 26.0. The van der Waals surface area contributed by atoms with E-state index in [0.717, 1.165) is 42.1 Å². The summed E-state index contributed by atoms with van der Waals surface area (Å²) in [6, 6.07) is 28.7. The van der Waals surface area contributed by atoms with Crippen LogP contribution in [0.2, 0.25) is 0 Å². The van der Waals surface area contributed by atoms with Gasteiger partial charge in [-0.1, -0.05) is 124 Å². The first-order valence-corrected chi connectivity index (χ1v) is 16.2. The summed E-state index contributed by atoms with van der Waals surface area (Å²) in [6.07, 6.45) is 14.1. The number of nitrogens with one attached hydrogen (secondary N) is 1. The monoisotopic (exact) mass is 584 g/mol. The molecule has 4 aliphatic rings. The number of fused-ring (bicyclic) bond motifs is 9. The van der Waals surface area contributed by atoms with Crippen molar-refractivity contribution in [2.24, 2.45) is 15.9 Å². The molecular weight excluding hydrogens is 548 g/mol. The molecule has 4 heteroatoms. The van der Waals surface area contributed by atoms with Crippen molar-refractivity contribution in [1.82, 2.24) is 9.88 Å². The summed E-state index contributed by atoms with van der Waals surface area (Å²) in [4.78, 5) is 10.7. The maximum Gasteiger partial charge on any atom is 0.234 e. The lowest BCUT2D eigenvalue weighted by molar-refractivity contribution is 0.653. The first-order chi connectivity index (χ1) is 22.0. The fraction of sp³-hybridized carbons (Fsp3) is 0.220. The number of nitrogens with zero attached hydrogens (tertiary/aromatic N) is 3. The van der Waals surface area contributed by atoms with Gasteiger partial charge in [-0.2, -0.15) is 4.99 Å². The third-order valence-corrected chi connectivity index (χ3v) is 10.2. The van der Waals surface area contributed by atoms with Crippen molar-refractivity contribution in [3.05, 3.63) is 137 Å². The number of benzene rings is 4. The second-order valence-corrected chi connectivity index (χ2v) is 13.5. The van der Waals surface area contributed by atoms with Gasteiger partial charge in [0.1, 0.15) is 12.0 Å². The summed E-state index contributed by atoms with van der Waals surface area (Å²) in [5, 5.41) is 6.19. The Labute approximate surface area is 264 Å². The Morgan fingerprint density at radius 1 is 0.911 bits per heavy atom. The maximum atomic E-state index is 5.38. The van der Waals surface area contributed by atoms with Gasteiger partial charge in [-0.15, -0.1) is 0 Å². The molecule has 3 aliphatic carbocycles. The van der Waals surface area contributed by atoms with Crippen LogP contribution in [-0.4, -0.2) is 16.4 Å². The zero-order chi connectivity index (χ0) is 30.3. The van der Waals surface area contributed by atoms with Crippen LogP contribution in [0.25, 0.3) is 39.0 Å². The van der Waals surface area contributed by atoms with Crippen LogP contribution in [0.4, 0.5) is 0 Å². The van der Waals surface area contributed by atoms with E-state index < -0.39 is 0 Å². The van der Waals surface area contributed by atoms with Crippen LogP contribution in [0, 0.1) is 5.92 Å². The molecule has 1 aliphatic heterocycles. The smallest absolute Gasteiger partial charge is 0.234 e. The van der Waals surface area contributed by atoms with Crippen LogP contribution in [0.3, 0.4) is 0 Å². The summed E-state index contributed by atoms with van der Waals surface area (Å²) >= 11 is 0. The highest BCUT2D eigenvalue weighted by atomic mass is 15.3. The van der Waals surface area contributed by atoms with Crippen molar-refractivity contribution < 1.29 is 0 Å². The number of aromatic nitrogens is 1. The molecule has 9 rings (SSSR count). The zero-order valence-electron chi connectivity index (χ0n) is 26.0. The highest BCUT2D eigenvalue weighted by molar-refractivity contribution is 6.19. The summed E-state index contributed by atoms with van der Waals surface area (Å²) in [7, 11) is 0. The molecule has 0 saturated carbocycles. The van der Waals surface area contributed by atoms with Crippen LogP contribution in [0.5, 0.6) is 0 Å². The number of hydrogen-bond donors (Lipinski definition) is 1. The lowest BCUT2D eigenvalue weighted by Crippen LogP contribution is -2.36. The molecule has 0 bridgehead atoms. The van der Waals surface area contributed by atoms with E-state index in [1.807, 2.05) is 0 Å². The topological polar surface area (TPSA) is 41.7 Å². The van der Waals surface area contributed by atoms with Gasteiger partial charge in [0, 0.05) is 16.2 Å². The van der Waals surface area contributed by atoms with E-state index in [2.05, 4.69) is 140 Å². The number of para-hydroxylation sites is 1. The lowest BCUT2D eigenvalue weighted by atomic mass is 9.80. The van der Waals surface area contributed by atoms with E-state index in [-0.39, 0.29) is 11.6 Å². The Kier molecular flexibility index (Phi) is 5.74. The molecule has 0 amide bonds. The average molecular weight is 585 g/mol. The van der Waals surface area contributed by atoms with E-state index in [0.29, 0.717) is 5.92 Å². The molecule has 0 radical (unpaired) electrons. The highest BCUT2D eigenvalue weighted by Crippen LogP contribution is 2.54. The molecule has 4 nitrogen and oxygen atoms in total. The second kappa shape index (κ2) is 9.77. The van der Waals surface area contributed by atoms with Crippen LogP contribution >= 0.6 is 0 Å². The van der Waals surface area contributed by atoms with Crippen LogP contribution in [-0.2, 0) is 11.8 Å². The van der Waals surface area contributed by atoms with Gasteiger partial charge >= 0.3 is 0 Å². The van der Waals surface area contributed by atoms with Crippen molar-refractivity contribution in [2.75, 3.05) is 0 Å². The fourth-order valence-electron chi connectivity index (χ4n) is 8.12. The van der Waals surface area contributed by atoms with E-state index >= 15 is 0 Å². The predicted octanol–water partition coefficient (Wildman–Crippen LogP) is 9.49. The Hall–Kier alpha value is -4.96. The molecular formula is C41H36N4. The fourth-order valence-corrected chi connectivity index (χ4v) is 8.12. The Bertz CT molecular complexity index is 2200. The Morgan fingerprint density at radius 3 is 2.62 bits per heavy atom. The second-order valence-electron chi connectivity index (χ2n) is 13.5. The number of rotatable bonds is 2. The minimum absolute atomic E-state index is 0.183. The number of amidine groups is 1. The van der Waals surface area contributed by atoms with E-state index in [1.54, 1.807) is 0 Å². The largest absolute Gasteiger partial charge is 0.344 e. The molecule has 2 unspecified atom stereocenters. The molecule has 0 fully saturated rings. The predicted molar refractivity (Wildman–Crippen MR) is 188 cm³/mol. The van der Waals surface area contributed by atoms with Gasteiger partial charge in [0.15, 0.2) is 0 Å². The first-order valence-electron chi connectivity index (χ1n) is 16.2. The molecule has 4 aromatic carbocycles. The third-order valence-electron chi connectivity index (χ3n) is 10.2. The number of hydrogen-bond acceptors (Lipinski definition) is 3. The van der Waals surface area contributed by atoms with Crippen molar-refractivity contribution in [2.45, 2.75) is 51.6 Å². The lowest BCUT2D eigenvalue weighted by Gasteiger charge is -2.28. The standard InChI is InChI=1S/C41H36N4/c1-25-12-11-16-28(24-25)39-42-38(27-14-5-4-6-15-27)43-40(44-39)45-34-19-10-9-18-30(34)31-21-22-32-35-29-17-8-7-13-26(29)20-23-33(35)41(2,3)36(32)37(31)45/h4-7,9-16,18-23,25,38H,8,17,24H2,1-3H3,(H,42,43,44). The minimum Gasteiger partial charge on any atom is -0.344 e. The molecule has 0 spiro atoms. The normalized spacial score (nSPS) is 21.1. The van der Waals surface area contributed by atoms with Crippen molar-refractivity contribution in [3.8, 4) is 11.1 Å².